The molecule has 0 radical (unpaired) electrons. The Kier molecular flexibility index (Phi) is 5.54. The number of allylic oxidation sites excluding steroid dienone is 3. The van der Waals surface area contributed by atoms with Crippen LogP contribution in [0.2, 0.25) is 0 Å². The number of aromatic nitrogens is 2. The molecule has 0 aliphatic heterocycles. The number of hydrogen-bond acceptors (Lipinski definition) is 4. The molecule has 0 atom stereocenters. The first kappa shape index (κ1) is 17.0. The Morgan fingerprint density at radius 1 is 1.25 bits per heavy atom. The fourth-order valence-electron chi connectivity index (χ4n) is 3.51. The van der Waals surface area contributed by atoms with E-state index in [1.807, 2.05) is 18.3 Å². The molecule has 2 aliphatic rings. The average molecular weight is 326 g/mol. The summed E-state index contributed by atoms with van der Waals surface area (Å²) >= 11 is 0. The second-order valence-corrected chi connectivity index (χ2v) is 7.35. The van der Waals surface area contributed by atoms with Crippen LogP contribution in [-0.2, 0) is 0 Å². The fourth-order valence-corrected chi connectivity index (χ4v) is 3.51. The Bertz CT molecular complexity index is 595. The molecule has 130 valence electrons. The third kappa shape index (κ3) is 4.37. The molecular formula is C20H30N4. The highest BCUT2D eigenvalue weighted by molar-refractivity contribution is 5.74. The largest absolute Gasteiger partial charge is 0.380 e. The molecule has 1 aromatic heterocycles. The second-order valence-electron chi connectivity index (χ2n) is 7.35. The van der Waals surface area contributed by atoms with Crippen molar-refractivity contribution in [3.8, 4) is 0 Å². The minimum atomic E-state index is 0.518. The maximum absolute atomic E-state index is 4.79. The maximum Gasteiger partial charge on any atom is 0.223 e. The lowest BCUT2D eigenvalue weighted by molar-refractivity contribution is 0.460. The maximum atomic E-state index is 4.79. The minimum absolute atomic E-state index is 0.518. The van der Waals surface area contributed by atoms with Gasteiger partial charge in [0.2, 0.25) is 5.95 Å². The van der Waals surface area contributed by atoms with Crippen molar-refractivity contribution in [1.29, 1.82) is 0 Å². The van der Waals surface area contributed by atoms with Crippen LogP contribution in [0, 0.1) is 5.92 Å². The first-order valence-electron chi connectivity index (χ1n) is 9.30. The summed E-state index contributed by atoms with van der Waals surface area (Å²) in [5.41, 5.74) is 3.44. The van der Waals surface area contributed by atoms with Crippen LogP contribution in [0.5, 0.6) is 0 Å². The van der Waals surface area contributed by atoms with E-state index in [0.717, 1.165) is 29.6 Å². The number of nitrogens with zero attached hydrogens (tertiary/aromatic N) is 3. The van der Waals surface area contributed by atoms with Crippen molar-refractivity contribution in [2.24, 2.45) is 5.92 Å². The summed E-state index contributed by atoms with van der Waals surface area (Å²) in [7, 11) is 4.23. The van der Waals surface area contributed by atoms with Crippen LogP contribution in [0.1, 0.15) is 57.1 Å². The van der Waals surface area contributed by atoms with E-state index in [0.29, 0.717) is 6.04 Å². The molecule has 0 bridgehead atoms. The fraction of sp³-hybridized carbons (Fsp3) is 0.600. The molecule has 0 aromatic carbocycles. The van der Waals surface area contributed by atoms with Crippen molar-refractivity contribution in [3.05, 3.63) is 36.3 Å². The molecule has 0 saturated heterocycles. The molecular weight excluding hydrogens is 296 g/mol. The Morgan fingerprint density at radius 2 is 2.00 bits per heavy atom. The summed E-state index contributed by atoms with van der Waals surface area (Å²) in [6, 6.07) is 2.52. The molecule has 2 aliphatic carbocycles. The van der Waals surface area contributed by atoms with Crippen molar-refractivity contribution in [3.63, 3.8) is 0 Å². The van der Waals surface area contributed by atoms with E-state index in [1.165, 1.54) is 50.6 Å². The Morgan fingerprint density at radius 3 is 2.62 bits per heavy atom. The highest BCUT2D eigenvalue weighted by Gasteiger charge is 2.25. The molecule has 0 spiro atoms. The monoisotopic (exact) mass is 326 g/mol. The molecule has 1 N–H and O–H groups in total. The Labute approximate surface area is 146 Å². The summed E-state index contributed by atoms with van der Waals surface area (Å²) in [4.78, 5) is 11.4. The van der Waals surface area contributed by atoms with Crippen LogP contribution in [0.4, 0.5) is 5.95 Å². The quantitative estimate of drug-likeness (QED) is 0.750. The third-order valence-corrected chi connectivity index (χ3v) is 5.10. The van der Waals surface area contributed by atoms with Crippen molar-refractivity contribution < 1.29 is 0 Å². The molecule has 24 heavy (non-hydrogen) atoms. The van der Waals surface area contributed by atoms with Crippen molar-refractivity contribution in [2.75, 3.05) is 19.4 Å². The number of anilines is 1. The van der Waals surface area contributed by atoms with Crippen LogP contribution in [-0.4, -0.2) is 35.0 Å². The van der Waals surface area contributed by atoms with E-state index < -0.39 is 0 Å². The lowest BCUT2D eigenvalue weighted by Gasteiger charge is -2.23. The first-order valence-corrected chi connectivity index (χ1v) is 9.30. The Balaban J connectivity index is 1.82. The van der Waals surface area contributed by atoms with E-state index in [-0.39, 0.29) is 0 Å². The summed E-state index contributed by atoms with van der Waals surface area (Å²) in [6.07, 6.45) is 14.0. The van der Waals surface area contributed by atoms with Gasteiger partial charge in [-0.05, 0) is 44.1 Å². The van der Waals surface area contributed by atoms with Crippen LogP contribution in [0.15, 0.2) is 30.6 Å². The van der Waals surface area contributed by atoms with Gasteiger partial charge in [0.15, 0.2) is 0 Å². The summed E-state index contributed by atoms with van der Waals surface area (Å²) < 4.78 is 0. The smallest absolute Gasteiger partial charge is 0.223 e. The summed E-state index contributed by atoms with van der Waals surface area (Å²) in [6.45, 7) is 4.05. The van der Waals surface area contributed by atoms with Gasteiger partial charge in [-0.2, -0.15) is 0 Å². The third-order valence-electron chi connectivity index (χ3n) is 5.10. The van der Waals surface area contributed by atoms with E-state index in [2.05, 4.69) is 35.9 Å². The zero-order chi connectivity index (χ0) is 16.9. The lowest BCUT2D eigenvalue weighted by Crippen LogP contribution is -2.23. The highest BCUT2D eigenvalue weighted by Crippen LogP contribution is 2.38. The molecule has 3 rings (SSSR count). The molecule has 0 unspecified atom stereocenters. The molecule has 1 aromatic rings. The molecule has 2 saturated carbocycles. The number of rotatable bonds is 7. The van der Waals surface area contributed by atoms with Gasteiger partial charge in [-0.1, -0.05) is 31.9 Å². The van der Waals surface area contributed by atoms with Gasteiger partial charge in [0, 0.05) is 37.6 Å². The average Bonchev–Trinajstić information content (AvgIpc) is 3.40. The lowest BCUT2D eigenvalue weighted by atomic mass is 9.96. The highest BCUT2D eigenvalue weighted by atomic mass is 15.1. The zero-order valence-corrected chi connectivity index (χ0v) is 15.1. The van der Waals surface area contributed by atoms with Crippen LogP contribution in [0.3, 0.4) is 0 Å². The number of hydrogen-bond donors (Lipinski definition) is 1. The topological polar surface area (TPSA) is 41.1 Å². The van der Waals surface area contributed by atoms with Gasteiger partial charge in [0.05, 0.1) is 5.69 Å². The van der Waals surface area contributed by atoms with Crippen molar-refractivity contribution >= 4 is 11.5 Å². The van der Waals surface area contributed by atoms with Crippen molar-refractivity contribution in [1.82, 2.24) is 14.9 Å². The zero-order valence-electron chi connectivity index (χ0n) is 15.1. The minimum Gasteiger partial charge on any atom is -0.380 e. The molecule has 4 nitrogen and oxygen atoms in total. The van der Waals surface area contributed by atoms with Gasteiger partial charge in [-0.15, -0.1) is 0 Å². The van der Waals surface area contributed by atoms with Gasteiger partial charge in [0.1, 0.15) is 0 Å². The van der Waals surface area contributed by atoms with Gasteiger partial charge in [0.25, 0.3) is 0 Å². The van der Waals surface area contributed by atoms with E-state index in [9.17, 15) is 0 Å². The SMILES string of the molecule is C=C/C(=C(/CC1CC1)N(C)C)c1ccnc(NC2CCCCC2)n1. The standard InChI is InChI=1S/C20H30N4/c1-4-17(19(24(2)3)14-15-10-11-15)18-12-13-21-20(23-18)22-16-8-6-5-7-9-16/h4,12-13,15-16H,1,5-11,14H2,2-3H3,(H,21,22,23)/b19-17+. The van der Waals surface area contributed by atoms with E-state index >= 15 is 0 Å². The van der Waals surface area contributed by atoms with Crippen LogP contribution >= 0.6 is 0 Å². The number of nitrogens with one attached hydrogen (secondary N) is 1. The van der Waals surface area contributed by atoms with E-state index in [4.69, 9.17) is 4.98 Å². The van der Waals surface area contributed by atoms with E-state index in [1.54, 1.807) is 0 Å². The first-order chi connectivity index (χ1) is 11.7. The van der Waals surface area contributed by atoms with Gasteiger partial charge in [-0.3, -0.25) is 0 Å². The Hall–Kier alpha value is -1.84. The molecule has 1 heterocycles. The van der Waals surface area contributed by atoms with Crippen LogP contribution < -0.4 is 5.32 Å². The second kappa shape index (κ2) is 7.82. The normalized spacial score (nSPS) is 19.6. The molecule has 0 amide bonds. The summed E-state index contributed by atoms with van der Waals surface area (Å²) in [5.74, 6) is 1.59. The molecule has 2 fully saturated rings. The predicted molar refractivity (Wildman–Crippen MR) is 101 cm³/mol. The van der Waals surface area contributed by atoms with Gasteiger partial charge < -0.3 is 10.2 Å². The van der Waals surface area contributed by atoms with Gasteiger partial charge >= 0.3 is 0 Å². The summed E-state index contributed by atoms with van der Waals surface area (Å²) in [5, 5.41) is 3.53. The van der Waals surface area contributed by atoms with Crippen molar-refractivity contribution in [2.45, 2.75) is 57.4 Å². The van der Waals surface area contributed by atoms with Gasteiger partial charge in [-0.25, -0.2) is 9.97 Å². The molecule has 4 heteroatoms. The predicted octanol–water partition coefficient (Wildman–Crippen LogP) is 4.48. The van der Waals surface area contributed by atoms with Crippen LogP contribution in [0.25, 0.3) is 5.57 Å².